The molecule has 0 spiro atoms. The van der Waals surface area contributed by atoms with Crippen molar-refractivity contribution in [3.63, 3.8) is 0 Å². The number of hydroxylamine groups is 1. The molecule has 0 fully saturated rings. The third-order valence-electron chi connectivity index (χ3n) is 4.45. The van der Waals surface area contributed by atoms with Crippen molar-refractivity contribution in [1.82, 2.24) is 5.48 Å². The van der Waals surface area contributed by atoms with E-state index in [1.807, 2.05) is 30.3 Å². The fourth-order valence-electron chi connectivity index (χ4n) is 2.99. The Morgan fingerprint density at radius 3 is 2.20 bits per heavy atom. The first-order valence-electron chi connectivity index (χ1n) is 9.36. The number of hydrogen-bond acceptors (Lipinski definition) is 3. The molecule has 25 heavy (non-hydrogen) atoms. The van der Waals surface area contributed by atoms with Crippen molar-refractivity contribution in [2.45, 2.75) is 58.3 Å². The summed E-state index contributed by atoms with van der Waals surface area (Å²) in [6.45, 7) is 2.81. The van der Waals surface area contributed by atoms with Crippen LogP contribution in [-0.4, -0.2) is 17.7 Å². The lowest BCUT2D eigenvalue weighted by Gasteiger charge is -2.12. The fraction of sp³-hybridized carbons (Fsp3) is 0.476. The number of amides is 1. The maximum absolute atomic E-state index is 11.9. The van der Waals surface area contributed by atoms with E-state index in [1.165, 1.54) is 38.5 Å². The standard InChI is InChI=1S/C21H29NO3/c1-2-3-4-5-6-7-8-11-14-25-20-16-18-13-10-9-12-17(18)15-19(20)21(23)22-24/h9-10,12-13,15-16,24H,2-8,11,14H2,1H3,(H,22,23). The second kappa shape index (κ2) is 10.7. The lowest BCUT2D eigenvalue weighted by Crippen LogP contribution is -2.19. The van der Waals surface area contributed by atoms with Gasteiger partial charge < -0.3 is 4.74 Å². The molecule has 0 aliphatic rings. The summed E-state index contributed by atoms with van der Waals surface area (Å²) in [6, 6.07) is 11.4. The number of carbonyl (C=O) groups is 1. The van der Waals surface area contributed by atoms with Gasteiger partial charge in [-0.1, -0.05) is 76.1 Å². The highest BCUT2D eigenvalue weighted by Crippen LogP contribution is 2.26. The van der Waals surface area contributed by atoms with Crippen LogP contribution in [0.2, 0.25) is 0 Å². The highest BCUT2D eigenvalue weighted by atomic mass is 16.5. The van der Waals surface area contributed by atoms with E-state index in [4.69, 9.17) is 9.94 Å². The number of ether oxygens (including phenoxy) is 1. The summed E-state index contributed by atoms with van der Waals surface area (Å²) in [7, 11) is 0. The molecule has 0 aromatic heterocycles. The monoisotopic (exact) mass is 343 g/mol. The molecule has 0 bridgehead atoms. The van der Waals surface area contributed by atoms with E-state index in [9.17, 15) is 4.79 Å². The van der Waals surface area contributed by atoms with Gasteiger partial charge in [0, 0.05) is 0 Å². The van der Waals surface area contributed by atoms with Gasteiger partial charge in [0.2, 0.25) is 0 Å². The Balaban J connectivity index is 1.86. The third-order valence-corrected chi connectivity index (χ3v) is 4.45. The summed E-state index contributed by atoms with van der Waals surface area (Å²) < 4.78 is 5.84. The molecule has 0 heterocycles. The zero-order valence-corrected chi connectivity index (χ0v) is 15.1. The van der Waals surface area contributed by atoms with E-state index < -0.39 is 5.91 Å². The highest BCUT2D eigenvalue weighted by molar-refractivity contribution is 6.01. The van der Waals surface area contributed by atoms with Gasteiger partial charge >= 0.3 is 0 Å². The summed E-state index contributed by atoms with van der Waals surface area (Å²) in [5.41, 5.74) is 2.06. The number of benzene rings is 2. The van der Waals surface area contributed by atoms with E-state index in [2.05, 4.69) is 6.92 Å². The van der Waals surface area contributed by atoms with Crippen LogP contribution >= 0.6 is 0 Å². The number of hydrogen-bond donors (Lipinski definition) is 2. The largest absolute Gasteiger partial charge is 0.493 e. The molecule has 1 amide bonds. The molecule has 0 saturated carbocycles. The highest BCUT2D eigenvalue weighted by Gasteiger charge is 2.13. The normalized spacial score (nSPS) is 10.8. The Morgan fingerprint density at radius 1 is 0.960 bits per heavy atom. The Kier molecular flexibility index (Phi) is 8.26. The first-order valence-corrected chi connectivity index (χ1v) is 9.36. The van der Waals surface area contributed by atoms with Crippen molar-refractivity contribution in [3.8, 4) is 5.75 Å². The van der Waals surface area contributed by atoms with E-state index in [0.717, 1.165) is 23.6 Å². The fourth-order valence-corrected chi connectivity index (χ4v) is 2.99. The van der Waals surface area contributed by atoms with Crippen LogP contribution in [0.15, 0.2) is 36.4 Å². The molecular formula is C21H29NO3. The minimum atomic E-state index is -0.545. The number of unbranched alkanes of at least 4 members (excludes halogenated alkanes) is 7. The van der Waals surface area contributed by atoms with Gasteiger partial charge in [-0.3, -0.25) is 10.0 Å². The predicted molar refractivity (Wildman–Crippen MR) is 101 cm³/mol. The van der Waals surface area contributed by atoms with Gasteiger partial charge in [0.1, 0.15) is 5.75 Å². The minimum Gasteiger partial charge on any atom is -0.493 e. The molecule has 0 saturated heterocycles. The lowest BCUT2D eigenvalue weighted by atomic mass is 10.1. The van der Waals surface area contributed by atoms with E-state index in [0.29, 0.717) is 17.9 Å². The van der Waals surface area contributed by atoms with Crippen LogP contribution in [0.3, 0.4) is 0 Å². The summed E-state index contributed by atoms with van der Waals surface area (Å²) in [5.74, 6) is -0.0233. The Morgan fingerprint density at radius 2 is 1.56 bits per heavy atom. The van der Waals surface area contributed by atoms with Gasteiger partial charge in [0.05, 0.1) is 12.2 Å². The average molecular weight is 343 g/mol. The molecule has 2 aromatic rings. The lowest BCUT2D eigenvalue weighted by molar-refractivity contribution is 0.0702. The summed E-state index contributed by atoms with van der Waals surface area (Å²) >= 11 is 0. The maximum Gasteiger partial charge on any atom is 0.278 e. The zero-order chi connectivity index (χ0) is 17.9. The van der Waals surface area contributed by atoms with E-state index in [-0.39, 0.29) is 0 Å². The molecule has 4 heteroatoms. The second-order valence-corrected chi connectivity index (χ2v) is 6.46. The molecule has 2 rings (SSSR count). The van der Waals surface area contributed by atoms with Crippen molar-refractivity contribution in [2.24, 2.45) is 0 Å². The Labute approximate surface area is 150 Å². The number of carbonyl (C=O) groups excluding carboxylic acids is 1. The molecule has 4 nitrogen and oxygen atoms in total. The zero-order valence-electron chi connectivity index (χ0n) is 15.1. The molecule has 0 aliphatic carbocycles. The molecule has 2 N–H and O–H groups in total. The van der Waals surface area contributed by atoms with E-state index >= 15 is 0 Å². The number of fused-ring (bicyclic) bond motifs is 1. The number of rotatable bonds is 11. The van der Waals surface area contributed by atoms with Crippen LogP contribution in [0.5, 0.6) is 5.75 Å². The predicted octanol–water partition coefficient (Wildman–Crippen LogP) is 5.48. The molecule has 0 atom stereocenters. The van der Waals surface area contributed by atoms with Crippen molar-refractivity contribution in [1.29, 1.82) is 0 Å². The average Bonchev–Trinajstić information content (AvgIpc) is 2.65. The van der Waals surface area contributed by atoms with Crippen molar-refractivity contribution >= 4 is 16.7 Å². The van der Waals surface area contributed by atoms with Gasteiger partial charge in [-0.2, -0.15) is 0 Å². The quantitative estimate of drug-likeness (QED) is 0.323. The van der Waals surface area contributed by atoms with Crippen LogP contribution in [0, 0.1) is 0 Å². The molecular weight excluding hydrogens is 314 g/mol. The van der Waals surface area contributed by atoms with Crippen LogP contribution in [0.4, 0.5) is 0 Å². The van der Waals surface area contributed by atoms with Gasteiger partial charge in [-0.25, -0.2) is 5.48 Å². The molecule has 2 aromatic carbocycles. The molecule has 136 valence electrons. The Hall–Kier alpha value is -2.07. The van der Waals surface area contributed by atoms with Crippen LogP contribution in [-0.2, 0) is 0 Å². The topological polar surface area (TPSA) is 58.6 Å². The first kappa shape index (κ1) is 19.3. The van der Waals surface area contributed by atoms with Crippen LogP contribution in [0.25, 0.3) is 10.8 Å². The van der Waals surface area contributed by atoms with Crippen LogP contribution < -0.4 is 10.2 Å². The van der Waals surface area contributed by atoms with Gasteiger partial charge in [0.25, 0.3) is 5.91 Å². The molecule has 0 unspecified atom stereocenters. The van der Waals surface area contributed by atoms with Gasteiger partial charge in [0.15, 0.2) is 0 Å². The smallest absolute Gasteiger partial charge is 0.278 e. The summed E-state index contributed by atoms with van der Waals surface area (Å²) in [4.78, 5) is 11.9. The van der Waals surface area contributed by atoms with Crippen molar-refractivity contribution < 1.29 is 14.7 Å². The molecule has 0 aliphatic heterocycles. The van der Waals surface area contributed by atoms with E-state index in [1.54, 1.807) is 11.5 Å². The number of nitrogens with one attached hydrogen (secondary N) is 1. The molecule has 0 radical (unpaired) electrons. The van der Waals surface area contributed by atoms with Gasteiger partial charge in [-0.05, 0) is 29.3 Å². The van der Waals surface area contributed by atoms with Crippen molar-refractivity contribution in [2.75, 3.05) is 6.61 Å². The maximum atomic E-state index is 11.9. The third kappa shape index (κ3) is 6.05. The summed E-state index contributed by atoms with van der Waals surface area (Å²) in [6.07, 6.45) is 9.90. The first-order chi connectivity index (χ1) is 12.3. The SMILES string of the molecule is CCCCCCCCCCOc1cc2ccccc2cc1C(=O)NO. The Bertz CT molecular complexity index is 669. The van der Waals surface area contributed by atoms with Gasteiger partial charge in [-0.15, -0.1) is 0 Å². The second-order valence-electron chi connectivity index (χ2n) is 6.46. The van der Waals surface area contributed by atoms with Crippen LogP contribution in [0.1, 0.15) is 68.6 Å². The minimum absolute atomic E-state index is 0.362. The van der Waals surface area contributed by atoms with Crippen molar-refractivity contribution in [3.05, 3.63) is 42.0 Å². The summed E-state index contributed by atoms with van der Waals surface area (Å²) in [5, 5.41) is 10.9.